The summed E-state index contributed by atoms with van der Waals surface area (Å²) in [4.78, 5) is 25.9. The third kappa shape index (κ3) is 3.18. The van der Waals surface area contributed by atoms with Gasteiger partial charge in [0, 0.05) is 12.2 Å². The van der Waals surface area contributed by atoms with E-state index in [0.717, 1.165) is 5.69 Å². The van der Waals surface area contributed by atoms with Gasteiger partial charge in [0.05, 0.1) is 25.9 Å². The molecule has 0 aliphatic carbocycles. The number of amides is 1. The molecule has 0 aromatic carbocycles. The second kappa shape index (κ2) is 5.79. The van der Waals surface area contributed by atoms with Gasteiger partial charge in [-0.2, -0.15) is 0 Å². The number of hydrogen-bond acceptors (Lipinski definition) is 4. The van der Waals surface area contributed by atoms with E-state index in [1.165, 1.54) is 6.07 Å². The molecule has 0 unspecified atom stereocenters. The van der Waals surface area contributed by atoms with Gasteiger partial charge in [-0.15, -0.1) is 0 Å². The fraction of sp³-hybridized carbons (Fsp3) is 0.500. The van der Waals surface area contributed by atoms with Crippen molar-refractivity contribution in [3.8, 4) is 0 Å². The average molecular weight is 252 g/mol. The second-order valence-electron chi connectivity index (χ2n) is 4.16. The summed E-state index contributed by atoms with van der Waals surface area (Å²) < 4.78 is 10.6. The van der Waals surface area contributed by atoms with Gasteiger partial charge in [-0.1, -0.05) is 0 Å². The summed E-state index contributed by atoms with van der Waals surface area (Å²) in [5.41, 5.74) is 0.450. The number of hydrogen-bond donors (Lipinski definition) is 2. The van der Waals surface area contributed by atoms with Gasteiger partial charge in [-0.3, -0.25) is 9.59 Å². The van der Waals surface area contributed by atoms with E-state index in [0.29, 0.717) is 26.4 Å². The highest BCUT2D eigenvalue weighted by Gasteiger charge is 2.16. The fourth-order valence-electron chi connectivity index (χ4n) is 1.71. The molecular formula is C12H16N2O4. The first-order valence-electron chi connectivity index (χ1n) is 5.84. The van der Waals surface area contributed by atoms with Crippen LogP contribution in [0, 0.1) is 6.92 Å². The first-order valence-corrected chi connectivity index (χ1v) is 5.84. The molecule has 1 aliphatic heterocycles. The zero-order valence-electron chi connectivity index (χ0n) is 10.2. The van der Waals surface area contributed by atoms with Crippen LogP contribution in [0.4, 0.5) is 0 Å². The SMILES string of the molecule is Cc1ccc(C(=O)NC[C@@H]2COCCO2)c(=O)[nH]1. The molecule has 18 heavy (non-hydrogen) atoms. The number of ether oxygens (including phenoxy) is 2. The van der Waals surface area contributed by atoms with E-state index < -0.39 is 5.91 Å². The normalized spacial score (nSPS) is 19.5. The van der Waals surface area contributed by atoms with Crippen LogP contribution in [-0.4, -0.2) is 43.4 Å². The third-order valence-corrected chi connectivity index (χ3v) is 2.68. The molecule has 1 aliphatic rings. The van der Waals surface area contributed by atoms with Crippen molar-refractivity contribution in [2.24, 2.45) is 0 Å². The van der Waals surface area contributed by atoms with Crippen LogP contribution in [0.15, 0.2) is 16.9 Å². The van der Waals surface area contributed by atoms with Crippen molar-refractivity contribution >= 4 is 5.91 Å². The number of nitrogens with one attached hydrogen (secondary N) is 2. The Labute approximate surface area is 104 Å². The molecular weight excluding hydrogens is 236 g/mol. The van der Waals surface area contributed by atoms with Gasteiger partial charge in [0.1, 0.15) is 5.56 Å². The van der Waals surface area contributed by atoms with Gasteiger partial charge >= 0.3 is 0 Å². The smallest absolute Gasteiger partial charge is 0.260 e. The van der Waals surface area contributed by atoms with Gasteiger partial charge in [-0.25, -0.2) is 0 Å². The lowest BCUT2D eigenvalue weighted by Crippen LogP contribution is -2.41. The van der Waals surface area contributed by atoms with Gasteiger partial charge < -0.3 is 19.8 Å². The highest BCUT2D eigenvalue weighted by atomic mass is 16.6. The Morgan fingerprint density at radius 2 is 2.33 bits per heavy atom. The number of aromatic amines is 1. The van der Waals surface area contributed by atoms with E-state index in [-0.39, 0.29) is 17.2 Å². The van der Waals surface area contributed by atoms with Gasteiger partial charge in [0.25, 0.3) is 11.5 Å². The third-order valence-electron chi connectivity index (χ3n) is 2.68. The molecule has 2 rings (SSSR count). The van der Waals surface area contributed by atoms with Gasteiger partial charge in [0.15, 0.2) is 0 Å². The molecule has 1 saturated heterocycles. The summed E-state index contributed by atoms with van der Waals surface area (Å²) in [6.07, 6.45) is -0.146. The zero-order chi connectivity index (χ0) is 13.0. The Hall–Kier alpha value is -1.66. The maximum absolute atomic E-state index is 11.8. The molecule has 1 aromatic rings. The Morgan fingerprint density at radius 1 is 1.50 bits per heavy atom. The molecule has 1 atom stereocenters. The predicted molar refractivity (Wildman–Crippen MR) is 64.7 cm³/mol. The number of H-pyrrole nitrogens is 1. The first-order chi connectivity index (χ1) is 8.66. The van der Waals surface area contributed by atoms with E-state index in [2.05, 4.69) is 10.3 Å². The van der Waals surface area contributed by atoms with Gasteiger partial charge in [0.2, 0.25) is 0 Å². The standard InChI is InChI=1S/C12H16N2O4/c1-8-2-3-10(12(16)14-8)11(15)13-6-9-7-17-4-5-18-9/h2-3,9H,4-7H2,1H3,(H,13,15)(H,14,16)/t9-/m1/s1. The Balaban J connectivity index is 1.93. The molecule has 98 valence electrons. The second-order valence-corrected chi connectivity index (χ2v) is 4.16. The summed E-state index contributed by atoms with van der Waals surface area (Å²) in [6, 6.07) is 3.21. The number of aryl methyl sites for hydroxylation is 1. The Bertz CT molecular complexity index is 477. The molecule has 1 fully saturated rings. The van der Waals surface area contributed by atoms with Crippen molar-refractivity contribution in [3.63, 3.8) is 0 Å². The summed E-state index contributed by atoms with van der Waals surface area (Å²) in [5, 5.41) is 2.67. The Morgan fingerprint density at radius 3 is 3.00 bits per heavy atom. The minimum Gasteiger partial charge on any atom is -0.376 e. The van der Waals surface area contributed by atoms with Crippen molar-refractivity contribution in [2.45, 2.75) is 13.0 Å². The minimum absolute atomic E-state index is 0.109. The molecule has 0 spiro atoms. The van der Waals surface area contributed by atoms with Crippen molar-refractivity contribution in [1.82, 2.24) is 10.3 Å². The molecule has 6 nitrogen and oxygen atoms in total. The van der Waals surface area contributed by atoms with E-state index in [4.69, 9.17) is 9.47 Å². The zero-order valence-corrected chi connectivity index (χ0v) is 10.2. The Kier molecular flexibility index (Phi) is 4.11. The summed E-state index contributed by atoms with van der Waals surface area (Å²) >= 11 is 0. The average Bonchev–Trinajstić information content (AvgIpc) is 2.37. The van der Waals surface area contributed by atoms with Crippen LogP contribution in [0.5, 0.6) is 0 Å². The van der Waals surface area contributed by atoms with Crippen LogP contribution in [0.2, 0.25) is 0 Å². The molecule has 0 radical (unpaired) electrons. The van der Waals surface area contributed by atoms with Crippen molar-refractivity contribution in [1.29, 1.82) is 0 Å². The molecule has 6 heteroatoms. The molecule has 1 amide bonds. The summed E-state index contributed by atoms with van der Waals surface area (Å²) in [6.45, 7) is 3.68. The quantitative estimate of drug-likeness (QED) is 0.782. The summed E-state index contributed by atoms with van der Waals surface area (Å²) in [5.74, 6) is -0.398. The number of pyridine rings is 1. The van der Waals surface area contributed by atoms with Crippen LogP contribution in [0.1, 0.15) is 16.1 Å². The van der Waals surface area contributed by atoms with Crippen LogP contribution in [0.3, 0.4) is 0 Å². The minimum atomic E-state index is -0.398. The maximum Gasteiger partial charge on any atom is 0.260 e. The van der Waals surface area contributed by atoms with Crippen LogP contribution >= 0.6 is 0 Å². The van der Waals surface area contributed by atoms with Crippen molar-refractivity contribution < 1.29 is 14.3 Å². The highest BCUT2D eigenvalue weighted by molar-refractivity contribution is 5.93. The van der Waals surface area contributed by atoms with Crippen molar-refractivity contribution in [3.05, 3.63) is 33.7 Å². The largest absolute Gasteiger partial charge is 0.376 e. The van der Waals surface area contributed by atoms with Crippen LogP contribution in [-0.2, 0) is 9.47 Å². The lowest BCUT2D eigenvalue weighted by atomic mass is 10.2. The van der Waals surface area contributed by atoms with E-state index in [9.17, 15) is 9.59 Å². The monoisotopic (exact) mass is 252 g/mol. The van der Waals surface area contributed by atoms with Crippen LogP contribution in [0.25, 0.3) is 0 Å². The first kappa shape index (κ1) is 12.8. The molecule has 2 N–H and O–H groups in total. The maximum atomic E-state index is 11.8. The molecule has 0 saturated carbocycles. The highest BCUT2D eigenvalue weighted by Crippen LogP contribution is 2.00. The fourth-order valence-corrected chi connectivity index (χ4v) is 1.71. The predicted octanol–water partition coefficient (Wildman–Crippen LogP) is -0.171. The van der Waals surface area contributed by atoms with E-state index in [1.807, 2.05) is 0 Å². The number of carbonyl (C=O) groups is 1. The topological polar surface area (TPSA) is 80.4 Å². The number of rotatable bonds is 3. The molecule has 0 bridgehead atoms. The lowest BCUT2D eigenvalue weighted by molar-refractivity contribution is -0.0855. The van der Waals surface area contributed by atoms with Crippen LogP contribution < -0.4 is 10.9 Å². The van der Waals surface area contributed by atoms with E-state index >= 15 is 0 Å². The number of aromatic nitrogens is 1. The molecule has 1 aromatic heterocycles. The van der Waals surface area contributed by atoms with Gasteiger partial charge in [-0.05, 0) is 19.1 Å². The molecule has 2 heterocycles. The lowest BCUT2D eigenvalue weighted by Gasteiger charge is -2.22. The summed E-state index contributed by atoms with van der Waals surface area (Å²) in [7, 11) is 0. The van der Waals surface area contributed by atoms with E-state index in [1.54, 1.807) is 13.0 Å². The number of carbonyl (C=O) groups excluding carboxylic acids is 1. The van der Waals surface area contributed by atoms with Crippen molar-refractivity contribution in [2.75, 3.05) is 26.4 Å².